The van der Waals surface area contributed by atoms with Gasteiger partial charge in [-0.1, -0.05) is 20.8 Å². The quantitative estimate of drug-likeness (QED) is 0.364. The Hall–Kier alpha value is -1.18. The Kier molecular flexibility index (Phi) is 12.5. The SMILES string of the molecule is CC(C)(C)CCNCCNC(=O)CCN1CCC(C2CCN(CCC(=O)NC(C)(C)C)CC2)CC1. The van der Waals surface area contributed by atoms with Crippen molar-refractivity contribution in [2.75, 3.05) is 58.9 Å². The first-order valence-electron chi connectivity index (χ1n) is 14.1. The van der Waals surface area contributed by atoms with E-state index in [1.165, 1.54) is 25.7 Å². The number of hydrogen-bond donors (Lipinski definition) is 3. The molecule has 0 atom stereocenters. The lowest BCUT2D eigenvalue weighted by Crippen LogP contribution is -2.44. The molecular weight excluding hydrogens is 438 g/mol. The molecule has 2 fully saturated rings. The number of likely N-dealkylation sites (tertiary alicyclic amines) is 2. The minimum atomic E-state index is -0.147. The summed E-state index contributed by atoms with van der Waals surface area (Å²) in [5.74, 6) is 1.98. The van der Waals surface area contributed by atoms with Crippen LogP contribution in [0.1, 0.15) is 86.5 Å². The van der Waals surface area contributed by atoms with Crippen molar-refractivity contribution in [1.82, 2.24) is 25.8 Å². The van der Waals surface area contributed by atoms with Crippen molar-refractivity contribution < 1.29 is 9.59 Å². The van der Waals surface area contributed by atoms with Gasteiger partial charge in [0.1, 0.15) is 0 Å². The predicted molar refractivity (Wildman–Crippen MR) is 145 cm³/mol. The fourth-order valence-corrected chi connectivity index (χ4v) is 5.26. The third kappa shape index (κ3) is 13.6. The number of carbonyl (C=O) groups excluding carboxylic acids is 2. The van der Waals surface area contributed by atoms with E-state index >= 15 is 0 Å². The molecule has 0 aromatic carbocycles. The maximum atomic E-state index is 12.2. The second-order valence-electron chi connectivity index (χ2n) is 13.1. The zero-order chi connectivity index (χ0) is 25.9. The average Bonchev–Trinajstić information content (AvgIpc) is 2.77. The molecule has 2 heterocycles. The molecule has 0 saturated carbocycles. The van der Waals surface area contributed by atoms with E-state index in [9.17, 15) is 9.59 Å². The molecule has 7 heteroatoms. The number of carbonyl (C=O) groups is 2. The highest BCUT2D eigenvalue weighted by molar-refractivity contribution is 5.76. The lowest BCUT2D eigenvalue weighted by Gasteiger charge is -2.40. The number of nitrogens with zero attached hydrogens (tertiary/aromatic N) is 2. The van der Waals surface area contributed by atoms with Gasteiger partial charge in [-0.3, -0.25) is 9.59 Å². The molecule has 0 aliphatic carbocycles. The number of rotatable bonds is 12. The summed E-state index contributed by atoms with van der Waals surface area (Å²) in [7, 11) is 0. The monoisotopic (exact) mass is 493 g/mol. The standard InChI is InChI=1S/C28H55N5O2/c1-27(2,3)13-14-29-15-16-30-25(34)11-21-32-17-7-23(8-18-32)24-9-19-33(20-10-24)22-12-26(35)31-28(4,5)6/h23-24,29H,7-22H2,1-6H3,(H,30,34)(H,31,35). The second-order valence-corrected chi connectivity index (χ2v) is 13.1. The van der Waals surface area contributed by atoms with Crippen LogP contribution in [0.25, 0.3) is 0 Å². The van der Waals surface area contributed by atoms with Gasteiger partial charge in [0.05, 0.1) is 0 Å². The van der Waals surface area contributed by atoms with Gasteiger partial charge in [-0.05, 0) is 103 Å². The Labute approximate surface area is 215 Å². The molecule has 7 nitrogen and oxygen atoms in total. The van der Waals surface area contributed by atoms with Gasteiger partial charge in [-0.15, -0.1) is 0 Å². The third-order valence-corrected chi connectivity index (χ3v) is 7.43. The largest absolute Gasteiger partial charge is 0.355 e. The van der Waals surface area contributed by atoms with Crippen LogP contribution in [0.5, 0.6) is 0 Å². The Bertz CT molecular complexity index is 624. The van der Waals surface area contributed by atoms with Crippen molar-refractivity contribution in [3.8, 4) is 0 Å². The smallest absolute Gasteiger partial charge is 0.221 e. The van der Waals surface area contributed by atoms with E-state index in [-0.39, 0.29) is 17.4 Å². The predicted octanol–water partition coefficient (Wildman–Crippen LogP) is 3.25. The zero-order valence-corrected chi connectivity index (χ0v) is 23.7. The molecule has 0 aromatic rings. The molecule has 2 aliphatic rings. The first kappa shape index (κ1) is 30.0. The van der Waals surface area contributed by atoms with Crippen LogP contribution in [0.2, 0.25) is 0 Å². The van der Waals surface area contributed by atoms with E-state index < -0.39 is 0 Å². The zero-order valence-electron chi connectivity index (χ0n) is 23.7. The van der Waals surface area contributed by atoms with Crippen molar-refractivity contribution in [2.45, 2.75) is 92.0 Å². The van der Waals surface area contributed by atoms with Crippen molar-refractivity contribution >= 4 is 11.8 Å². The van der Waals surface area contributed by atoms with Crippen LogP contribution in [-0.4, -0.2) is 86.1 Å². The van der Waals surface area contributed by atoms with Gasteiger partial charge in [0.25, 0.3) is 0 Å². The van der Waals surface area contributed by atoms with Crippen LogP contribution < -0.4 is 16.0 Å². The summed E-state index contributed by atoms with van der Waals surface area (Å²) < 4.78 is 0. The van der Waals surface area contributed by atoms with Gasteiger partial charge in [0.15, 0.2) is 0 Å². The van der Waals surface area contributed by atoms with Crippen LogP contribution in [0.4, 0.5) is 0 Å². The number of hydrogen-bond acceptors (Lipinski definition) is 5. The molecule has 2 aliphatic heterocycles. The molecule has 0 unspecified atom stereocenters. The number of piperidine rings is 2. The highest BCUT2D eigenvalue weighted by atomic mass is 16.2. The van der Waals surface area contributed by atoms with Crippen LogP contribution in [0.15, 0.2) is 0 Å². The summed E-state index contributed by atoms with van der Waals surface area (Å²) in [5.41, 5.74) is 0.207. The summed E-state index contributed by atoms with van der Waals surface area (Å²) in [6, 6.07) is 0. The summed E-state index contributed by atoms with van der Waals surface area (Å²) in [4.78, 5) is 29.2. The normalized spacial score (nSPS) is 19.6. The molecule has 2 saturated heterocycles. The number of amides is 2. The fourth-order valence-electron chi connectivity index (χ4n) is 5.26. The van der Waals surface area contributed by atoms with Gasteiger partial charge in [-0.2, -0.15) is 0 Å². The Morgan fingerprint density at radius 2 is 1.20 bits per heavy atom. The van der Waals surface area contributed by atoms with E-state index in [0.29, 0.717) is 24.8 Å². The van der Waals surface area contributed by atoms with Crippen LogP contribution in [0, 0.1) is 17.3 Å². The Morgan fingerprint density at radius 3 is 1.66 bits per heavy atom. The van der Waals surface area contributed by atoms with Gasteiger partial charge >= 0.3 is 0 Å². The Balaban J connectivity index is 1.51. The van der Waals surface area contributed by atoms with E-state index in [1.54, 1.807) is 0 Å². The second kappa shape index (κ2) is 14.5. The molecule has 0 radical (unpaired) electrons. The van der Waals surface area contributed by atoms with Crippen LogP contribution in [-0.2, 0) is 9.59 Å². The van der Waals surface area contributed by atoms with E-state index in [2.05, 4.69) is 46.5 Å². The molecule has 0 bridgehead atoms. The van der Waals surface area contributed by atoms with Crippen LogP contribution >= 0.6 is 0 Å². The van der Waals surface area contributed by atoms with Gasteiger partial charge in [0.2, 0.25) is 11.8 Å². The summed E-state index contributed by atoms with van der Waals surface area (Å²) >= 11 is 0. The topological polar surface area (TPSA) is 76.7 Å². The van der Waals surface area contributed by atoms with Gasteiger partial charge in [0, 0.05) is 44.6 Å². The minimum absolute atomic E-state index is 0.147. The van der Waals surface area contributed by atoms with Crippen LogP contribution in [0.3, 0.4) is 0 Å². The van der Waals surface area contributed by atoms with Crippen molar-refractivity contribution in [3.05, 3.63) is 0 Å². The molecular formula is C28H55N5O2. The van der Waals surface area contributed by atoms with E-state index in [1.807, 2.05) is 20.8 Å². The minimum Gasteiger partial charge on any atom is -0.355 e. The van der Waals surface area contributed by atoms with Crippen molar-refractivity contribution in [1.29, 1.82) is 0 Å². The maximum absolute atomic E-state index is 12.2. The molecule has 2 rings (SSSR count). The highest BCUT2D eigenvalue weighted by Gasteiger charge is 2.29. The summed E-state index contributed by atoms with van der Waals surface area (Å²) in [6.07, 6.45) is 7.40. The third-order valence-electron chi connectivity index (χ3n) is 7.43. The molecule has 2 amide bonds. The number of nitrogens with one attached hydrogen (secondary N) is 3. The maximum Gasteiger partial charge on any atom is 0.221 e. The molecule has 3 N–H and O–H groups in total. The lowest BCUT2D eigenvalue weighted by molar-refractivity contribution is -0.123. The van der Waals surface area contributed by atoms with E-state index in [0.717, 1.165) is 70.6 Å². The summed E-state index contributed by atoms with van der Waals surface area (Å²) in [6.45, 7) is 21.7. The molecule has 204 valence electrons. The van der Waals surface area contributed by atoms with Gasteiger partial charge in [-0.25, -0.2) is 0 Å². The fraction of sp³-hybridized carbons (Fsp3) is 0.929. The lowest BCUT2D eigenvalue weighted by atomic mass is 9.79. The van der Waals surface area contributed by atoms with Crippen molar-refractivity contribution in [3.63, 3.8) is 0 Å². The first-order valence-corrected chi connectivity index (χ1v) is 14.1. The molecule has 0 aromatic heterocycles. The Morgan fingerprint density at radius 1 is 0.714 bits per heavy atom. The average molecular weight is 494 g/mol. The van der Waals surface area contributed by atoms with E-state index in [4.69, 9.17) is 0 Å². The molecule has 0 spiro atoms. The van der Waals surface area contributed by atoms with Crippen molar-refractivity contribution in [2.24, 2.45) is 17.3 Å². The summed E-state index contributed by atoms with van der Waals surface area (Å²) in [5, 5.41) is 9.53. The highest BCUT2D eigenvalue weighted by Crippen LogP contribution is 2.32. The first-order chi connectivity index (χ1) is 16.4. The van der Waals surface area contributed by atoms with Gasteiger partial charge < -0.3 is 25.8 Å². The molecule has 35 heavy (non-hydrogen) atoms.